The van der Waals surface area contributed by atoms with E-state index in [1.807, 2.05) is 0 Å². The standard InChI is InChI=1S/C20H16F9N5O3/c1-34-14(6-13(32-34)19(24,25)26)17(20(27,28)29)8-12(33-37-17)10-2-4-11(5-3-10)31-16(36)7-15(35)30-9-18(21,22)23/h2-6H,7-9H2,1H3,(H,30,35)(H,31,36). The van der Waals surface area contributed by atoms with Crippen LogP contribution in [0.15, 0.2) is 35.5 Å². The first kappa shape index (κ1) is 27.8. The molecule has 202 valence electrons. The Kier molecular flexibility index (Phi) is 7.20. The van der Waals surface area contributed by atoms with E-state index in [1.165, 1.54) is 29.6 Å². The van der Waals surface area contributed by atoms with Gasteiger partial charge in [-0.3, -0.25) is 14.3 Å². The number of hydrogen-bond acceptors (Lipinski definition) is 5. The number of carbonyl (C=O) groups excluding carboxylic acids is 2. The van der Waals surface area contributed by atoms with Gasteiger partial charge in [0.05, 0.1) is 17.8 Å². The predicted octanol–water partition coefficient (Wildman–Crippen LogP) is 4.03. The van der Waals surface area contributed by atoms with Crippen LogP contribution in [-0.4, -0.2) is 46.2 Å². The van der Waals surface area contributed by atoms with Gasteiger partial charge >= 0.3 is 18.5 Å². The average molecular weight is 545 g/mol. The van der Waals surface area contributed by atoms with Gasteiger partial charge < -0.3 is 15.5 Å². The van der Waals surface area contributed by atoms with E-state index in [1.54, 1.807) is 0 Å². The first-order valence-corrected chi connectivity index (χ1v) is 10.1. The number of anilines is 1. The molecule has 1 aromatic carbocycles. The molecule has 0 bridgehead atoms. The molecule has 0 saturated heterocycles. The summed E-state index contributed by atoms with van der Waals surface area (Å²) in [4.78, 5) is 27.9. The molecule has 1 aliphatic rings. The first-order valence-electron chi connectivity index (χ1n) is 10.1. The second kappa shape index (κ2) is 9.59. The van der Waals surface area contributed by atoms with Gasteiger partial charge in [-0.2, -0.15) is 44.6 Å². The van der Waals surface area contributed by atoms with Gasteiger partial charge in [-0.15, -0.1) is 0 Å². The van der Waals surface area contributed by atoms with Gasteiger partial charge in [0.25, 0.3) is 5.60 Å². The fourth-order valence-electron chi connectivity index (χ4n) is 3.36. The lowest BCUT2D eigenvalue weighted by atomic mass is 9.90. The normalized spacial score (nSPS) is 18.3. The molecule has 1 atom stereocenters. The number of aromatic nitrogens is 2. The van der Waals surface area contributed by atoms with Crippen molar-refractivity contribution >= 4 is 23.2 Å². The highest BCUT2D eigenvalue weighted by Gasteiger charge is 2.64. The molecule has 37 heavy (non-hydrogen) atoms. The number of amides is 2. The molecule has 1 aromatic heterocycles. The molecule has 3 rings (SSSR count). The maximum absolute atomic E-state index is 14.0. The van der Waals surface area contributed by atoms with Crippen molar-refractivity contribution in [3.05, 3.63) is 47.3 Å². The zero-order chi connectivity index (χ0) is 27.8. The number of rotatable bonds is 6. The van der Waals surface area contributed by atoms with E-state index in [-0.39, 0.29) is 23.0 Å². The van der Waals surface area contributed by atoms with Crippen molar-refractivity contribution < 1.29 is 53.9 Å². The fourth-order valence-corrected chi connectivity index (χ4v) is 3.36. The number of nitrogens with one attached hydrogen (secondary N) is 2. The molecule has 0 spiro atoms. The highest BCUT2D eigenvalue weighted by molar-refractivity contribution is 6.04. The fraction of sp³-hybridized carbons (Fsp3) is 0.400. The molecule has 2 N–H and O–H groups in total. The lowest BCUT2D eigenvalue weighted by Gasteiger charge is -2.28. The van der Waals surface area contributed by atoms with Gasteiger partial charge in [-0.05, 0) is 23.8 Å². The number of carbonyl (C=O) groups is 2. The highest BCUT2D eigenvalue weighted by Crippen LogP contribution is 2.49. The monoisotopic (exact) mass is 545 g/mol. The minimum absolute atomic E-state index is 0.0559. The minimum atomic E-state index is -5.19. The summed E-state index contributed by atoms with van der Waals surface area (Å²) in [5.74, 6) is -2.14. The van der Waals surface area contributed by atoms with Gasteiger partial charge in [0.15, 0.2) is 5.69 Å². The summed E-state index contributed by atoms with van der Waals surface area (Å²) in [7, 11) is 0.903. The molecule has 0 fully saturated rings. The van der Waals surface area contributed by atoms with Crippen molar-refractivity contribution in [1.29, 1.82) is 0 Å². The Morgan fingerprint density at radius 1 is 1.03 bits per heavy atom. The summed E-state index contributed by atoms with van der Waals surface area (Å²) >= 11 is 0. The van der Waals surface area contributed by atoms with Crippen LogP contribution in [0.1, 0.15) is 29.8 Å². The van der Waals surface area contributed by atoms with E-state index >= 15 is 0 Å². The summed E-state index contributed by atoms with van der Waals surface area (Å²) < 4.78 is 118. The van der Waals surface area contributed by atoms with E-state index in [0.717, 1.165) is 7.05 Å². The molecule has 8 nitrogen and oxygen atoms in total. The second-order valence-corrected chi connectivity index (χ2v) is 7.86. The van der Waals surface area contributed by atoms with Crippen molar-refractivity contribution in [2.45, 2.75) is 37.0 Å². The molecule has 0 aliphatic carbocycles. The zero-order valence-electron chi connectivity index (χ0n) is 18.5. The third-order valence-electron chi connectivity index (χ3n) is 5.08. The van der Waals surface area contributed by atoms with E-state index in [0.29, 0.717) is 4.68 Å². The lowest BCUT2D eigenvalue weighted by Crippen LogP contribution is -2.44. The van der Waals surface area contributed by atoms with Crippen molar-refractivity contribution in [3.63, 3.8) is 0 Å². The van der Waals surface area contributed by atoms with Crippen LogP contribution in [-0.2, 0) is 33.3 Å². The van der Waals surface area contributed by atoms with Gasteiger partial charge in [0.2, 0.25) is 11.8 Å². The second-order valence-electron chi connectivity index (χ2n) is 7.86. The summed E-state index contributed by atoms with van der Waals surface area (Å²) in [6.07, 6.45) is -16.7. The SMILES string of the molecule is Cn1nc(C(F)(F)F)cc1C1(C(F)(F)F)CC(c2ccc(NC(=O)CC(=O)NCC(F)(F)F)cc2)=NO1. The number of nitrogens with zero attached hydrogens (tertiary/aromatic N) is 3. The number of halogens is 9. The smallest absolute Gasteiger partial charge is 0.372 e. The van der Waals surface area contributed by atoms with Crippen LogP contribution in [0.25, 0.3) is 0 Å². The van der Waals surface area contributed by atoms with Gasteiger partial charge in [-0.1, -0.05) is 17.3 Å². The lowest BCUT2D eigenvalue weighted by molar-refractivity contribution is -0.278. The largest absolute Gasteiger partial charge is 0.437 e. The maximum Gasteiger partial charge on any atom is 0.437 e. The molecule has 1 aliphatic heterocycles. The third-order valence-corrected chi connectivity index (χ3v) is 5.08. The van der Waals surface area contributed by atoms with Crippen LogP contribution in [0.5, 0.6) is 0 Å². The van der Waals surface area contributed by atoms with Crippen molar-refractivity contribution in [1.82, 2.24) is 15.1 Å². The number of benzene rings is 1. The number of aryl methyl sites for hydroxylation is 1. The Balaban J connectivity index is 1.72. The van der Waals surface area contributed by atoms with Crippen LogP contribution in [0.4, 0.5) is 45.2 Å². The molecule has 2 heterocycles. The molecule has 2 amide bonds. The van der Waals surface area contributed by atoms with Gasteiger partial charge in [0, 0.05) is 12.7 Å². The van der Waals surface area contributed by atoms with Crippen LogP contribution in [0.3, 0.4) is 0 Å². The Morgan fingerprint density at radius 3 is 2.16 bits per heavy atom. The molecule has 0 radical (unpaired) electrons. The van der Waals surface area contributed by atoms with E-state index < -0.39 is 66.7 Å². The minimum Gasteiger partial charge on any atom is -0.372 e. The molecule has 2 aromatic rings. The quantitative estimate of drug-likeness (QED) is 0.423. The zero-order valence-corrected chi connectivity index (χ0v) is 18.5. The third kappa shape index (κ3) is 6.32. The Morgan fingerprint density at radius 2 is 1.65 bits per heavy atom. The van der Waals surface area contributed by atoms with Gasteiger partial charge in [-0.25, -0.2) is 0 Å². The van der Waals surface area contributed by atoms with E-state index in [2.05, 4.69) is 15.6 Å². The molecule has 17 heteroatoms. The highest BCUT2D eigenvalue weighted by atomic mass is 19.4. The van der Waals surface area contributed by atoms with Crippen LogP contribution >= 0.6 is 0 Å². The Hall–Kier alpha value is -3.79. The number of alkyl halides is 9. The summed E-state index contributed by atoms with van der Waals surface area (Å²) in [5, 5.41) is 10.3. The molecule has 1 unspecified atom stereocenters. The number of hydrogen-bond donors (Lipinski definition) is 2. The van der Waals surface area contributed by atoms with Crippen molar-refractivity contribution in [2.24, 2.45) is 12.2 Å². The maximum atomic E-state index is 14.0. The van der Waals surface area contributed by atoms with Crippen LogP contribution in [0.2, 0.25) is 0 Å². The molecular formula is C20H16F9N5O3. The average Bonchev–Trinajstić information content (AvgIpc) is 3.37. The Bertz CT molecular complexity index is 1200. The molecule has 0 saturated carbocycles. The summed E-state index contributed by atoms with van der Waals surface area (Å²) in [6, 6.07) is 5.10. The molecular weight excluding hydrogens is 529 g/mol. The van der Waals surface area contributed by atoms with Crippen molar-refractivity contribution in [2.75, 3.05) is 11.9 Å². The predicted molar refractivity (Wildman–Crippen MR) is 107 cm³/mol. The first-order chi connectivity index (χ1) is 16.9. The van der Waals surface area contributed by atoms with E-state index in [9.17, 15) is 49.1 Å². The van der Waals surface area contributed by atoms with Crippen LogP contribution < -0.4 is 10.6 Å². The van der Waals surface area contributed by atoms with Crippen LogP contribution in [0, 0.1) is 0 Å². The summed E-state index contributed by atoms with van der Waals surface area (Å²) in [6.45, 7) is -1.62. The summed E-state index contributed by atoms with van der Waals surface area (Å²) in [5.41, 5.74) is -5.84. The van der Waals surface area contributed by atoms with Gasteiger partial charge in [0.1, 0.15) is 13.0 Å². The van der Waals surface area contributed by atoms with E-state index in [4.69, 9.17) is 4.84 Å². The number of oxime groups is 1. The Labute approximate surface area is 201 Å². The van der Waals surface area contributed by atoms with Crippen molar-refractivity contribution in [3.8, 4) is 0 Å². The topological polar surface area (TPSA) is 97.6 Å².